The van der Waals surface area contributed by atoms with Crippen LogP contribution in [-0.4, -0.2) is 24.6 Å². The lowest BCUT2D eigenvalue weighted by Crippen LogP contribution is -2.18. The standard InChI is InChI=1S/C10H16N4S2/c1-4-10(3,15-5-2)16-9(6-11)14-8-12-7-13-14/h7-9H,4-5H2,1-3H3. The number of hydrogen-bond acceptors (Lipinski definition) is 5. The van der Waals surface area contributed by atoms with Gasteiger partial charge in [-0.05, 0) is 19.1 Å². The van der Waals surface area contributed by atoms with E-state index in [2.05, 4.69) is 36.9 Å². The molecule has 2 atom stereocenters. The van der Waals surface area contributed by atoms with Crippen molar-refractivity contribution in [1.29, 1.82) is 5.26 Å². The SMILES string of the molecule is CCSC(C)(CC)SC(C#N)n1cncn1. The highest BCUT2D eigenvalue weighted by molar-refractivity contribution is 8.18. The van der Waals surface area contributed by atoms with Crippen molar-refractivity contribution in [2.24, 2.45) is 0 Å². The fourth-order valence-corrected chi connectivity index (χ4v) is 3.86. The summed E-state index contributed by atoms with van der Waals surface area (Å²) in [4.78, 5) is 3.87. The van der Waals surface area contributed by atoms with Crippen molar-refractivity contribution in [3.05, 3.63) is 12.7 Å². The topological polar surface area (TPSA) is 54.5 Å². The first-order chi connectivity index (χ1) is 7.65. The first-order valence-corrected chi connectivity index (χ1v) is 7.07. The Hall–Kier alpha value is -0.670. The molecule has 1 heterocycles. The largest absolute Gasteiger partial charge is 0.225 e. The van der Waals surface area contributed by atoms with Crippen molar-refractivity contribution in [2.45, 2.75) is 36.6 Å². The minimum atomic E-state index is -0.300. The highest BCUT2D eigenvalue weighted by Crippen LogP contribution is 2.45. The average Bonchev–Trinajstić information content (AvgIpc) is 2.80. The second-order valence-corrected chi connectivity index (χ2v) is 7.00. The summed E-state index contributed by atoms with van der Waals surface area (Å²) in [6.45, 7) is 6.45. The maximum atomic E-state index is 9.16. The Morgan fingerprint density at radius 3 is 2.75 bits per heavy atom. The van der Waals surface area contributed by atoms with Gasteiger partial charge in [-0.1, -0.05) is 13.8 Å². The van der Waals surface area contributed by atoms with Gasteiger partial charge < -0.3 is 0 Å². The number of nitriles is 1. The van der Waals surface area contributed by atoms with Crippen molar-refractivity contribution in [3.8, 4) is 6.07 Å². The van der Waals surface area contributed by atoms with E-state index in [0.717, 1.165) is 12.2 Å². The van der Waals surface area contributed by atoms with E-state index in [9.17, 15) is 0 Å². The van der Waals surface area contributed by atoms with Gasteiger partial charge in [0.2, 0.25) is 0 Å². The van der Waals surface area contributed by atoms with E-state index in [1.54, 1.807) is 22.8 Å². The summed E-state index contributed by atoms with van der Waals surface area (Å²) in [6, 6.07) is 2.26. The summed E-state index contributed by atoms with van der Waals surface area (Å²) in [6.07, 6.45) is 4.07. The molecule has 0 spiro atoms. The van der Waals surface area contributed by atoms with Crippen LogP contribution < -0.4 is 0 Å². The van der Waals surface area contributed by atoms with Gasteiger partial charge in [-0.2, -0.15) is 10.4 Å². The van der Waals surface area contributed by atoms with Gasteiger partial charge in [-0.25, -0.2) is 9.67 Å². The van der Waals surface area contributed by atoms with Gasteiger partial charge in [0.25, 0.3) is 0 Å². The third-order valence-electron chi connectivity index (χ3n) is 2.24. The van der Waals surface area contributed by atoms with Crippen LogP contribution in [-0.2, 0) is 0 Å². The Kier molecular flexibility index (Phi) is 5.16. The molecule has 0 saturated heterocycles. The first kappa shape index (κ1) is 13.4. The lowest BCUT2D eigenvalue weighted by molar-refractivity contribution is 0.683. The van der Waals surface area contributed by atoms with Crippen molar-refractivity contribution in [3.63, 3.8) is 0 Å². The zero-order valence-corrected chi connectivity index (χ0v) is 11.4. The predicted molar refractivity (Wildman–Crippen MR) is 69.1 cm³/mol. The normalized spacial score (nSPS) is 16.4. The Morgan fingerprint density at radius 1 is 1.56 bits per heavy atom. The van der Waals surface area contributed by atoms with Crippen LogP contribution in [0.2, 0.25) is 0 Å². The van der Waals surface area contributed by atoms with E-state index in [-0.39, 0.29) is 9.45 Å². The molecule has 0 aliphatic carbocycles. The molecule has 0 amide bonds. The summed E-state index contributed by atoms with van der Waals surface area (Å²) in [7, 11) is 0. The Bertz CT molecular complexity index is 346. The molecule has 0 fully saturated rings. The van der Waals surface area contributed by atoms with Crippen LogP contribution >= 0.6 is 23.5 Å². The lowest BCUT2D eigenvalue weighted by Gasteiger charge is -2.28. The maximum Gasteiger partial charge on any atom is 0.186 e. The van der Waals surface area contributed by atoms with Gasteiger partial charge in [0, 0.05) is 0 Å². The average molecular weight is 256 g/mol. The number of nitrogens with zero attached hydrogens (tertiary/aromatic N) is 4. The van der Waals surface area contributed by atoms with Gasteiger partial charge in [-0.3, -0.25) is 0 Å². The van der Waals surface area contributed by atoms with Crippen molar-refractivity contribution in [2.75, 3.05) is 5.75 Å². The summed E-state index contributed by atoms with van der Waals surface area (Å²) in [5, 5.41) is 12.9. The number of thioether (sulfide) groups is 2. The van der Waals surface area contributed by atoms with Crippen LogP contribution in [0, 0.1) is 11.3 Å². The molecule has 6 heteroatoms. The van der Waals surface area contributed by atoms with Crippen LogP contribution in [0.5, 0.6) is 0 Å². The lowest BCUT2D eigenvalue weighted by atomic mass is 10.4. The summed E-state index contributed by atoms with van der Waals surface area (Å²) < 4.78 is 1.66. The molecule has 2 unspecified atom stereocenters. The Labute approximate surface area is 105 Å². The molecule has 1 aromatic rings. The van der Waals surface area contributed by atoms with Crippen molar-refractivity contribution in [1.82, 2.24) is 14.8 Å². The van der Waals surface area contributed by atoms with E-state index in [0.29, 0.717) is 0 Å². The molecule has 0 aliphatic rings. The molecule has 0 radical (unpaired) electrons. The maximum absolute atomic E-state index is 9.16. The zero-order valence-electron chi connectivity index (χ0n) is 9.75. The molecule has 0 aliphatic heterocycles. The fourth-order valence-electron chi connectivity index (χ4n) is 1.24. The minimum Gasteiger partial charge on any atom is -0.225 e. The quantitative estimate of drug-likeness (QED) is 0.732. The fraction of sp³-hybridized carbons (Fsp3) is 0.700. The highest BCUT2D eigenvalue weighted by atomic mass is 32.2. The van der Waals surface area contributed by atoms with Crippen LogP contribution in [0.15, 0.2) is 12.7 Å². The molecule has 0 saturated carbocycles. The van der Waals surface area contributed by atoms with Gasteiger partial charge in [-0.15, -0.1) is 23.5 Å². The molecular formula is C10H16N4S2. The van der Waals surface area contributed by atoms with Crippen LogP contribution in [0.3, 0.4) is 0 Å². The molecule has 0 N–H and O–H groups in total. The van der Waals surface area contributed by atoms with Crippen LogP contribution in [0.1, 0.15) is 32.6 Å². The third-order valence-corrected chi connectivity index (χ3v) is 5.40. The van der Waals surface area contributed by atoms with Crippen LogP contribution in [0.25, 0.3) is 0 Å². The monoisotopic (exact) mass is 256 g/mol. The second-order valence-electron chi connectivity index (χ2n) is 3.40. The number of rotatable bonds is 6. The molecule has 0 aromatic carbocycles. The second kappa shape index (κ2) is 6.16. The van der Waals surface area contributed by atoms with Crippen molar-refractivity contribution < 1.29 is 0 Å². The van der Waals surface area contributed by atoms with Gasteiger partial charge >= 0.3 is 0 Å². The highest BCUT2D eigenvalue weighted by Gasteiger charge is 2.28. The van der Waals surface area contributed by atoms with E-state index in [4.69, 9.17) is 5.26 Å². The van der Waals surface area contributed by atoms with Crippen molar-refractivity contribution >= 4 is 23.5 Å². The molecule has 16 heavy (non-hydrogen) atoms. The smallest absolute Gasteiger partial charge is 0.186 e. The van der Waals surface area contributed by atoms with Crippen LogP contribution in [0.4, 0.5) is 0 Å². The molecule has 4 nitrogen and oxygen atoms in total. The van der Waals surface area contributed by atoms with E-state index < -0.39 is 0 Å². The third kappa shape index (κ3) is 3.42. The molecular weight excluding hydrogens is 240 g/mol. The summed E-state index contributed by atoms with van der Waals surface area (Å²) in [5.41, 5.74) is 0. The first-order valence-electron chi connectivity index (χ1n) is 5.20. The molecule has 1 aromatic heterocycles. The van der Waals surface area contributed by atoms with E-state index in [1.807, 2.05) is 11.8 Å². The van der Waals surface area contributed by atoms with E-state index >= 15 is 0 Å². The van der Waals surface area contributed by atoms with Gasteiger partial charge in [0.1, 0.15) is 18.7 Å². The molecule has 1 rings (SSSR count). The van der Waals surface area contributed by atoms with Gasteiger partial charge in [0.15, 0.2) is 5.37 Å². The minimum absolute atomic E-state index is 0.0566. The Balaban J connectivity index is 2.73. The zero-order chi connectivity index (χ0) is 12.0. The Morgan fingerprint density at radius 2 is 2.31 bits per heavy atom. The number of hydrogen-bond donors (Lipinski definition) is 0. The number of aromatic nitrogens is 3. The molecule has 0 bridgehead atoms. The van der Waals surface area contributed by atoms with E-state index in [1.165, 1.54) is 6.33 Å². The van der Waals surface area contributed by atoms with Gasteiger partial charge in [0.05, 0.1) is 4.08 Å². The summed E-state index contributed by atoms with van der Waals surface area (Å²) in [5.74, 6) is 1.05. The predicted octanol–water partition coefficient (Wildman–Crippen LogP) is 2.91. The summed E-state index contributed by atoms with van der Waals surface area (Å²) >= 11 is 3.51. The molecule has 88 valence electrons.